The lowest BCUT2D eigenvalue weighted by molar-refractivity contribution is -0.115. The Balaban J connectivity index is 2.64. The highest BCUT2D eigenvalue weighted by Crippen LogP contribution is 2.31. The maximum Gasteiger partial charge on any atom is 0.228 e. The summed E-state index contributed by atoms with van der Waals surface area (Å²) < 4.78 is 0.856. The predicted molar refractivity (Wildman–Crippen MR) is 49.0 cm³/mol. The van der Waals surface area contributed by atoms with Gasteiger partial charge in [-0.15, -0.1) is 0 Å². The van der Waals surface area contributed by atoms with Crippen LogP contribution in [0.5, 0.6) is 0 Å². The summed E-state index contributed by atoms with van der Waals surface area (Å²) in [5.74, 6) is 0.0433. The highest BCUT2D eigenvalue weighted by Gasteiger charge is 2.22. The fraction of sp³-hybridized carbons (Fsp3) is 0.250. The summed E-state index contributed by atoms with van der Waals surface area (Å²) in [5, 5.41) is 2.78. The van der Waals surface area contributed by atoms with Crippen molar-refractivity contribution < 1.29 is 4.79 Å². The minimum atomic E-state index is 0.0433. The minimum absolute atomic E-state index is 0.0433. The first-order chi connectivity index (χ1) is 5.68. The molecular formula is C8H7BrN2O. The Morgan fingerprint density at radius 3 is 3.08 bits per heavy atom. The smallest absolute Gasteiger partial charge is 0.228 e. The quantitative estimate of drug-likeness (QED) is 0.732. The number of hydrogen-bond donors (Lipinski definition) is 1. The zero-order chi connectivity index (χ0) is 8.72. The van der Waals surface area contributed by atoms with Crippen LogP contribution < -0.4 is 5.32 Å². The Kier molecular flexibility index (Phi) is 1.65. The molecule has 0 saturated heterocycles. The molecule has 0 aliphatic carbocycles. The van der Waals surface area contributed by atoms with Crippen molar-refractivity contribution in [2.24, 2.45) is 0 Å². The molecule has 0 atom stereocenters. The van der Waals surface area contributed by atoms with E-state index < -0.39 is 0 Å². The van der Waals surface area contributed by atoms with Crippen molar-refractivity contribution in [2.75, 3.05) is 5.32 Å². The number of hydrogen-bond acceptors (Lipinski definition) is 2. The van der Waals surface area contributed by atoms with Gasteiger partial charge in [0, 0.05) is 17.5 Å². The standard InChI is InChI=1S/C8H7BrN2O/c1-4-5-2-7(12)11-8(5)6(9)3-10-4/h3H,2H2,1H3,(H,11,12). The van der Waals surface area contributed by atoms with Gasteiger partial charge in [0.2, 0.25) is 5.91 Å². The van der Waals surface area contributed by atoms with Crippen LogP contribution in [0.1, 0.15) is 11.3 Å². The summed E-state index contributed by atoms with van der Waals surface area (Å²) in [5.41, 5.74) is 2.81. The maximum absolute atomic E-state index is 11.0. The molecule has 0 aromatic carbocycles. The highest BCUT2D eigenvalue weighted by atomic mass is 79.9. The molecule has 0 bridgehead atoms. The van der Waals surface area contributed by atoms with Gasteiger partial charge in [0.15, 0.2) is 0 Å². The summed E-state index contributed by atoms with van der Waals surface area (Å²) >= 11 is 3.33. The Bertz CT molecular complexity index is 329. The van der Waals surface area contributed by atoms with E-state index in [0.29, 0.717) is 6.42 Å². The fourth-order valence-electron chi connectivity index (χ4n) is 1.32. The van der Waals surface area contributed by atoms with E-state index in [1.807, 2.05) is 6.92 Å². The van der Waals surface area contributed by atoms with Gasteiger partial charge in [-0.05, 0) is 22.9 Å². The summed E-state index contributed by atoms with van der Waals surface area (Å²) in [4.78, 5) is 15.2. The maximum atomic E-state index is 11.0. The first kappa shape index (κ1) is 7.73. The Labute approximate surface area is 78.3 Å². The van der Waals surface area contributed by atoms with E-state index in [1.54, 1.807) is 6.20 Å². The van der Waals surface area contributed by atoms with Crippen molar-refractivity contribution in [3.8, 4) is 0 Å². The van der Waals surface area contributed by atoms with Gasteiger partial charge in [-0.25, -0.2) is 0 Å². The summed E-state index contributed by atoms with van der Waals surface area (Å²) in [6.45, 7) is 1.91. The number of amides is 1. The first-order valence-corrected chi connectivity index (χ1v) is 4.41. The van der Waals surface area contributed by atoms with Gasteiger partial charge >= 0.3 is 0 Å². The second-order valence-corrected chi connectivity index (χ2v) is 3.62. The minimum Gasteiger partial charge on any atom is -0.324 e. The van der Waals surface area contributed by atoms with Crippen molar-refractivity contribution in [3.05, 3.63) is 21.9 Å². The Morgan fingerprint density at radius 1 is 1.67 bits per heavy atom. The van der Waals surface area contributed by atoms with Crippen LogP contribution in [-0.2, 0) is 11.2 Å². The molecule has 2 rings (SSSR count). The fourth-order valence-corrected chi connectivity index (χ4v) is 1.76. The number of halogens is 1. The van der Waals surface area contributed by atoms with Gasteiger partial charge in [-0.1, -0.05) is 0 Å². The van der Waals surface area contributed by atoms with Crippen molar-refractivity contribution in [1.29, 1.82) is 0 Å². The van der Waals surface area contributed by atoms with E-state index in [1.165, 1.54) is 0 Å². The number of pyridine rings is 1. The summed E-state index contributed by atoms with van der Waals surface area (Å²) in [6.07, 6.45) is 2.16. The molecule has 0 saturated carbocycles. The third-order valence-corrected chi connectivity index (χ3v) is 2.55. The van der Waals surface area contributed by atoms with Crippen LogP contribution in [-0.4, -0.2) is 10.9 Å². The third kappa shape index (κ3) is 1.03. The lowest BCUT2D eigenvalue weighted by Gasteiger charge is -2.02. The van der Waals surface area contributed by atoms with Gasteiger partial charge in [-0.2, -0.15) is 0 Å². The molecule has 1 aromatic rings. The average molecular weight is 227 g/mol. The lowest BCUT2D eigenvalue weighted by atomic mass is 10.1. The normalized spacial score (nSPS) is 14.3. The molecule has 62 valence electrons. The van der Waals surface area contributed by atoms with Gasteiger partial charge in [0.1, 0.15) is 0 Å². The number of rotatable bonds is 0. The number of aromatic nitrogens is 1. The third-order valence-electron chi connectivity index (χ3n) is 1.95. The Hall–Kier alpha value is -0.900. The molecule has 1 amide bonds. The van der Waals surface area contributed by atoms with E-state index >= 15 is 0 Å². The topological polar surface area (TPSA) is 42.0 Å². The molecule has 0 unspecified atom stereocenters. The molecule has 0 radical (unpaired) electrons. The second kappa shape index (κ2) is 2.55. The lowest BCUT2D eigenvalue weighted by Crippen LogP contribution is -2.03. The number of aryl methyl sites for hydroxylation is 1. The monoisotopic (exact) mass is 226 g/mol. The van der Waals surface area contributed by atoms with E-state index in [4.69, 9.17) is 0 Å². The van der Waals surface area contributed by atoms with Gasteiger partial charge < -0.3 is 5.32 Å². The molecule has 1 aromatic heterocycles. The summed E-state index contributed by atoms with van der Waals surface area (Å²) in [7, 11) is 0. The van der Waals surface area contributed by atoms with E-state index in [9.17, 15) is 4.79 Å². The number of nitrogens with zero attached hydrogens (tertiary/aromatic N) is 1. The van der Waals surface area contributed by atoms with Crippen LogP contribution in [0.2, 0.25) is 0 Å². The largest absolute Gasteiger partial charge is 0.324 e. The molecule has 1 N–H and O–H groups in total. The van der Waals surface area contributed by atoms with Crippen molar-refractivity contribution in [3.63, 3.8) is 0 Å². The number of anilines is 1. The average Bonchev–Trinajstić information content (AvgIpc) is 2.41. The van der Waals surface area contributed by atoms with Crippen LogP contribution in [0, 0.1) is 6.92 Å². The molecule has 1 aliphatic rings. The molecular weight excluding hydrogens is 220 g/mol. The number of fused-ring (bicyclic) bond motifs is 1. The van der Waals surface area contributed by atoms with Crippen LogP contribution in [0.15, 0.2) is 10.7 Å². The van der Waals surface area contributed by atoms with E-state index in [2.05, 4.69) is 26.2 Å². The van der Waals surface area contributed by atoms with Crippen LogP contribution in [0.25, 0.3) is 0 Å². The van der Waals surface area contributed by atoms with Crippen LogP contribution in [0.3, 0.4) is 0 Å². The molecule has 0 spiro atoms. The predicted octanol–water partition coefficient (Wildman–Crippen LogP) is 1.65. The van der Waals surface area contributed by atoms with Crippen molar-refractivity contribution >= 4 is 27.5 Å². The molecule has 4 heteroatoms. The molecule has 1 aliphatic heterocycles. The molecule has 2 heterocycles. The SMILES string of the molecule is Cc1ncc(Br)c2c1CC(=O)N2. The molecule has 0 fully saturated rings. The second-order valence-electron chi connectivity index (χ2n) is 2.77. The van der Waals surface area contributed by atoms with Crippen molar-refractivity contribution in [1.82, 2.24) is 4.98 Å². The zero-order valence-corrected chi connectivity index (χ0v) is 8.10. The molecule has 3 nitrogen and oxygen atoms in total. The zero-order valence-electron chi connectivity index (χ0n) is 6.52. The van der Waals surface area contributed by atoms with Gasteiger partial charge in [-0.3, -0.25) is 9.78 Å². The van der Waals surface area contributed by atoms with E-state index in [-0.39, 0.29) is 5.91 Å². The van der Waals surface area contributed by atoms with Crippen LogP contribution >= 0.6 is 15.9 Å². The van der Waals surface area contributed by atoms with Gasteiger partial charge in [0.05, 0.1) is 16.6 Å². The number of carbonyl (C=O) groups excluding carboxylic acids is 1. The number of carbonyl (C=O) groups is 1. The first-order valence-electron chi connectivity index (χ1n) is 3.62. The summed E-state index contributed by atoms with van der Waals surface area (Å²) in [6, 6.07) is 0. The van der Waals surface area contributed by atoms with E-state index in [0.717, 1.165) is 21.4 Å². The number of nitrogens with one attached hydrogen (secondary N) is 1. The highest BCUT2D eigenvalue weighted by molar-refractivity contribution is 9.10. The van der Waals surface area contributed by atoms with Crippen LogP contribution in [0.4, 0.5) is 5.69 Å². The van der Waals surface area contributed by atoms with Crippen molar-refractivity contribution in [2.45, 2.75) is 13.3 Å². The Morgan fingerprint density at radius 2 is 2.42 bits per heavy atom. The molecule has 12 heavy (non-hydrogen) atoms. The van der Waals surface area contributed by atoms with Gasteiger partial charge in [0.25, 0.3) is 0 Å².